The van der Waals surface area contributed by atoms with E-state index in [4.69, 9.17) is 11.6 Å². The van der Waals surface area contributed by atoms with Gasteiger partial charge in [-0.1, -0.05) is 37.9 Å². The molecule has 1 aromatic rings. The van der Waals surface area contributed by atoms with E-state index in [0.717, 1.165) is 31.4 Å². The maximum Gasteiger partial charge on any atom is 0.250 e. The van der Waals surface area contributed by atoms with Crippen LogP contribution in [0.5, 0.6) is 0 Å². The van der Waals surface area contributed by atoms with Gasteiger partial charge in [-0.15, -0.1) is 0 Å². The summed E-state index contributed by atoms with van der Waals surface area (Å²) in [6.45, 7) is 5.94. The molecule has 0 unspecified atom stereocenters. The highest BCUT2D eigenvalue weighted by molar-refractivity contribution is 6.30. The summed E-state index contributed by atoms with van der Waals surface area (Å²) >= 11 is 5.76. The molecular weight excluding hydrogens is 234 g/mol. The summed E-state index contributed by atoms with van der Waals surface area (Å²) in [5.74, 6) is -0.108. The van der Waals surface area contributed by atoms with Gasteiger partial charge in [-0.05, 0) is 37.1 Å². The third-order valence-electron chi connectivity index (χ3n) is 2.51. The number of halogens is 1. The zero-order valence-corrected chi connectivity index (χ0v) is 10.9. The van der Waals surface area contributed by atoms with Crippen LogP contribution in [-0.4, -0.2) is 5.91 Å². The first kappa shape index (κ1) is 13.8. The second kappa shape index (κ2) is 7.13. The summed E-state index contributed by atoms with van der Waals surface area (Å²) in [6, 6.07) is 7.05. The molecule has 0 spiro atoms. The fourth-order valence-electron chi connectivity index (χ4n) is 1.45. The molecule has 0 heterocycles. The Kier molecular flexibility index (Phi) is 5.78. The van der Waals surface area contributed by atoms with Crippen LogP contribution in [0.25, 0.3) is 0 Å². The van der Waals surface area contributed by atoms with Crippen molar-refractivity contribution in [1.82, 2.24) is 0 Å². The molecule has 0 saturated carbocycles. The van der Waals surface area contributed by atoms with Gasteiger partial charge < -0.3 is 5.32 Å². The average Bonchev–Trinajstić information content (AvgIpc) is 2.32. The van der Waals surface area contributed by atoms with Crippen LogP contribution in [0, 0.1) is 0 Å². The molecular formula is C14H18ClNO. The first-order valence-electron chi connectivity index (χ1n) is 5.88. The van der Waals surface area contributed by atoms with E-state index in [9.17, 15) is 4.79 Å². The summed E-state index contributed by atoms with van der Waals surface area (Å²) < 4.78 is 0. The minimum atomic E-state index is -0.108. The van der Waals surface area contributed by atoms with Crippen molar-refractivity contribution in [2.45, 2.75) is 32.6 Å². The summed E-state index contributed by atoms with van der Waals surface area (Å²) in [5.41, 5.74) is 1.38. The van der Waals surface area contributed by atoms with Crippen LogP contribution in [0.2, 0.25) is 5.02 Å². The first-order valence-corrected chi connectivity index (χ1v) is 6.26. The molecule has 1 N–H and O–H groups in total. The highest BCUT2D eigenvalue weighted by atomic mass is 35.5. The van der Waals surface area contributed by atoms with Crippen molar-refractivity contribution < 1.29 is 4.79 Å². The number of carbonyl (C=O) groups is 1. The molecule has 1 aromatic carbocycles. The van der Waals surface area contributed by atoms with E-state index in [1.165, 1.54) is 0 Å². The number of nitrogens with one attached hydrogen (secondary N) is 1. The number of benzene rings is 1. The van der Waals surface area contributed by atoms with Crippen LogP contribution in [0.1, 0.15) is 32.6 Å². The molecule has 0 fully saturated rings. The van der Waals surface area contributed by atoms with Crippen molar-refractivity contribution in [2.24, 2.45) is 0 Å². The molecule has 0 aromatic heterocycles. The summed E-state index contributed by atoms with van der Waals surface area (Å²) in [6.07, 6.45) is 4.05. The van der Waals surface area contributed by atoms with E-state index in [2.05, 4.69) is 18.8 Å². The predicted molar refractivity (Wildman–Crippen MR) is 73.4 cm³/mol. The van der Waals surface area contributed by atoms with E-state index in [1.807, 2.05) is 0 Å². The van der Waals surface area contributed by atoms with E-state index in [0.29, 0.717) is 10.6 Å². The largest absolute Gasteiger partial charge is 0.322 e. The average molecular weight is 252 g/mol. The van der Waals surface area contributed by atoms with Crippen LogP contribution >= 0.6 is 11.6 Å². The van der Waals surface area contributed by atoms with Crippen LogP contribution in [0.4, 0.5) is 5.69 Å². The number of hydrogen-bond acceptors (Lipinski definition) is 1. The van der Waals surface area contributed by atoms with Gasteiger partial charge in [0.15, 0.2) is 0 Å². The van der Waals surface area contributed by atoms with Gasteiger partial charge in [-0.3, -0.25) is 4.79 Å². The van der Waals surface area contributed by atoms with Gasteiger partial charge in [-0.2, -0.15) is 0 Å². The van der Waals surface area contributed by atoms with E-state index in [-0.39, 0.29) is 5.91 Å². The summed E-state index contributed by atoms with van der Waals surface area (Å²) in [5, 5.41) is 3.46. The number of rotatable bonds is 6. The Labute approximate surface area is 108 Å². The Bertz CT molecular complexity index is 384. The van der Waals surface area contributed by atoms with Crippen LogP contribution in [0.15, 0.2) is 36.4 Å². The van der Waals surface area contributed by atoms with Gasteiger partial charge >= 0.3 is 0 Å². The normalized spacial score (nSPS) is 10.0. The minimum absolute atomic E-state index is 0.108. The Balaban J connectivity index is 2.43. The van der Waals surface area contributed by atoms with E-state index in [1.54, 1.807) is 24.3 Å². The molecule has 0 bridgehead atoms. The van der Waals surface area contributed by atoms with Crippen LogP contribution < -0.4 is 5.32 Å². The fourth-order valence-corrected chi connectivity index (χ4v) is 1.58. The van der Waals surface area contributed by atoms with Crippen LogP contribution in [0.3, 0.4) is 0 Å². The molecule has 0 aliphatic carbocycles. The van der Waals surface area contributed by atoms with Crippen molar-refractivity contribution in [3.63, 3.8) is 0 Å². The Hall–Kier alpha value is -1.28. The lowest BCUT2D eigenvalue weighted by atomic mass is 10.1. The third-order valence-corrected chi connectivity index (χ3v) is 2.76. The Morgan fingerprint density at radius 3 is 2.53 bits per heavy atom. The standard InChI is InChI=1S/C14H18ClNO/c1-3-4-5-6-11(2)14(17)16-13-9-7-12(15)8-10-13/h7-10H,2-6H2,1H3,(H,16,17). The van der Waals surface area contributed by atoms with Crippen molar-refractivity contribution in [1.29, 1.82) is 0 Å². The van der Waals surface area contributed by atoms with Crippen molar-refractivity contribution in [3.05, 3.63) is 41.4 Å². The number of hydrogen-bond donors (Lipinski definition) is 1. The lowest BCUT2D eigenvalue weighted by Crippen LogP contribution is -2.13. The molecule has 17 heavy (non-hydrogen) atoms. The number of amides is 1. The van der Waals surface area contributed by atoms with Gasteiger partial charge in [0, 0.05) is 16.3 Å². The lowest BCUT2D eigenvalue weighted by molar-refractivity contribution is -0.113. The Morgan fingerprint density at radius 2 is 1.94 bits per heavy atom. The molecule has 0 aliphatic rings. The third kappa shape index (κ3) is 5.05. The molecule has 1 rings (SSSR count). The number of anilines is 1. The summed E-state index contributed by atoms with van der Waals surface area (Å²) in [4.78, 5) is 11.7. The SMILES string of the molecule is C=C(CCCCC)C(=O)Nc1ccc(Cl)cc1. The maximum atomic E-state index is 11.7. The Morgan fingerprint density at radius 1 is 1.29 bits per heavy atom. The van der Waals surface area contributed by atoms with Crippen molar-refractivity contribution in [3.8, 4) is 0 Å². The zero-order valence-electron chi connectivity index (χ0n) is 10.1. The number of carbonyl (C=O) groups excluding carboxylic acids is 1. The quantitative estimate of drug-likeness (QED) is 0.589. The van der Waals surface area contributed by atoms with E-state index < -0.39 is 0 Å². The highest BCUT2D eigenvalue weighted by Gasteiger charge is 2.06. The van der Waals surface area contributed by atoms with Gasteiger partial charge in [-0.25, -0.2) is 0 Å². The number of unbranched alkanes of at least 4 members (excludes halogenated alkanes) is 2. The second-order valence-corrected chi connectivity index (χ2v) is 4.46. The molecule has 92 valence electrons. The molecule has 2 nitrogen and oxygen atoms in total. The van der Waals surface area contributed by atoms with Crippen molar-refractivity contribution >= 4 is 23.2 Å². The van der Waals surface area contributed by atoms with Gasteiger partial charge in [0.05, 0.1) is 0 Å². The molecule has 3 heteroatoms. The topological polar surface area (TPSA) is 29.1 Å². The minimum Gasteiger partial charge on any atom is -0.322 e. The molecule has 0 radical (unpaired) electrons. The second-order valence-electron chi connectivity index (χ2n) is 4.02. The smallest absolute Gasteiger partial charge is 0.250 e. The highest BCUT2D eigenvalue weighted by Crippen LogP contribution is 2.15. The molecule has 0 saturated heterocycles. The van der Waals surface area contributed by atoms with Gasteiger partial charge in [0.1, 0.15) is 0 Å². The molecule has 0 atom stereocenters. The zero-order chi connectivity index (χ0) is 12.7. The maximum absolute atomic E-state index is 11.7. The molecule has 1 amide bonds. The summed E-state index contributed by atoms with van der Waals surface area (Å²) in [7, 11) is 0. The van der Waals surface area contributed by atoms with Gasteiger partial charge in [0.2, 0.25) is 0 Å². The molecule has 0 aliphatic heterocycles. The fraction of sp³-hybridized carbons (Fsp3) is 0.357. The monoisotopic (exact) mass is 251 g/mol. The predicted octanol–water partition coefficient (Wildman–Crippen LogP) is 4.42. The van der Waals surface area contributed by atoms with E-state index >= 15 is 0 Å². The van der Waals surface area contributed by atoms with Crippen LogP contribution in [-0.2, 0) is 4.79 Å². The first-order chi connectivity index (χ1) is 8.13. The lowest BCUT2D eigenvalue weighted by Gasteiger charge is -2.07. The van der Waals surface area contributed by atoms with Gasteiger partial charge in [0.25, 0.3) is 5.91 Å². The van der Waals surface area contributed by atoms with Crippen molar-refractivity contribution in [2.75, 3.05) is 5.32 Å².